The summed E-state index contributed by atoms with van der Waals surface area (Å²) in [6.45, 7) is 5.80. The highest BCUT2D eigenvalue weighted by molar-refractivity contribution is 9.10. The number of hydrogen-bond donors (Lipinski definition) is 2. The van der Waals surface area contributed by atoms with Gasteiger partial charge in [0.15, 0.2) is 0 Å². The minimum atomic E-state index is -0.586. The lowest BCUT2D eigenvalue weighted by Gasteiger charge is -2.17. The zero-order valence-electron chi connectivity index (χ0n) is 14.5. The van der Waals surface area contributed by atoms with Crippen LogP contribution in [-0.4, -0.2) is 22.6 Å². The second-order valence-electron chi connectivity index (χ2n) is 5.94. The molecule has 7 heteroatoms. The molecule has 0 aliphatic carbocycles. The number of rotatable bonds is 3. The van der Waals surface area contributed by atoms with Gasteiger partial charge in [-0.25, -0.2) is 4.98 Å². The fraction of sp³-hybridized carbons (Fsp3) is 0.222. The Hall–Kier alpha value is -2.54. The summed E-state index contributed by atoms with van der Waals surface area (Å²) in [5.41, 5.74) is 16.3. The smallest absolute Gasteiger partial charge is 0.253 e. The molecule has 130 valence electrons. The SMILES string of the molecule is COc1ccc(C)c(-n2c(N)c(C(N)=O)c3cc(Br)c(C)nc32)c1C. The molecule has 6 nitrogen and oxygen atoms in total. The molecule has 0 atom stereocenters. The van der Waals surface area contributed by atoms with Crippen molar-refractivity contribution in [2.75, 3.05) is 12.8 Å². The summed E-state index contributed by atoms with van der Waals surface area (Å²) < 4.78 is 8.01. The van der Waals surface area contributed by atoms with Crippen LogP contribution in [0.2, 0.25) is 0 Å². The van der Waals surface area contributed by atoms with Crippen LogP contribution in [0.25, 0.3) is 16.7 Å². The van der Waals surface area contributed by atoms with Crippen LogP contribution in [-0.2, 0) is 0 Å². The number of carbonyl (C=O) groups is 1. The number of aromatic nitrogens is 2. The number of carbonyl (C=O) groups excluding carboxylic acids is 1. The summed E-state index contributed by atoms with van der Waals surface area (Å²) in [7, 11) is 1.62. The molecule has 1 aromatic carbocycles. The van der Waals surface area contributed by atoms with Gasteiger partial charge in [0.2, 0.25) is 0 Å². The molecule has 0 unspecified atom stereocenters. The Morgan fingerprint density at radius 3 is 2.56 bits per heavy atom. The molecule has 0 aliphatic rings. The summed E-state index contributed by atoms with van der Waals surface area (Å²) in [6, 6.07) is 5.68. The number of anilines is 1. The van der Waals surface area contributed by atoms with Gasteiger partial charge in [-0.3, -0.25) is 9.36 Å². The van der Waals surface area contributed by atoms with Crippen molar-refractivity contribution in [3.05, 3.63) is 45.1 Å². The van der Waals surface area contributed by atoms with E-state index in [0.717, 1.165) is 32.7 Å². The third kappa shape index (κ3) is 2.55. The van der Waals surface area contributed by atoms with E-state index in [-0.39, 0.29) is 11.4 Å². The molecule has 1 amide bonds. The summed E-state index contributed by atoms with van der Waals surface area (Å²) in [6.07, 6.45) is 0. The van der Waals surface area contributed by atoms with Gasteiger partial charge >= 0.3 is 0 Å². The number of benzene rings is 1. The lowest BCUT2D eigenvalue weighted by Crippen LogP contribution is -2.14. The number of nitrogens with zero attached hydrogens (tertiary/aromatic N) is 2. The van der Waals surface area contributed by atoms with Gasteiger partial charge in [0, 0.05) is 15.4 Å². The number of nitrogens with two attached hydrogens (primary N) is 2. The normalized spacial score (nSPS) is 11.1. The highest BCUT2D eigenvalue weighted by Gasteiger charge is 2.24. The first kappa shape index (κ1) is 17.3. The summed E-state index contributed by atoms with van der Waals surface area (Å²) >= 11 is 3.46. The molecule has 25 heavy (non-hydrogen) atoms. The summed E-state index contributed by atoms with van der Waals surface area (Å²) in [5.74, 6) is 0.417. The number of hydrogen-bond acceptors (Lipinski definition) is 4. The second kappa shape index (κ2) is 6.07. The first-order chi connectivity index (χ1) is 11.8. The van der Waals surface area contributed by atoms with E-state index in [0.29, 0.717) is 11.0 Å². The molecule has 3 rings (SSSR count). The average Bonchev–Trinajstić information content (AvgIpc) is 2.80. The molecular weight excluding hydrogens is 384 g/mol. The van der Waals surface area contributed by atoms with Crippen LogP contribution in [0, 0.1) is 20.8 Å². The number of ether oxygens (including phenoxy) is 1. The maximum Gasteiger partial charge on any atom is 0.253 e. The fourth-order valence-electron chi connectivity index (χ4n) is 3.15. The van der Waals surface area contributed by atoms with Crippen molar-refractivity contribution in [1.29, 1.82) is 0 Å². The molecule has 0 fully saturated rings. The van der Waals surface area contributed by atoms with E-state index in [1.807, 2.05) is 39.0 Å². The van der Waals surface area contributed by atoms with Crippen LogP contribution in [0.3, 0.4) is 0 Å². The Morgan fingerprint density at radius 2 is 1.96 bits per heavy atom. The largest absolute Gasteiger partial charge is 0.496 e. The van der Waals surface area contributed by atoms with Gasteiger partial charge in [-0.1, -0.05) is 6.07 Å². The Morgan fingerprint density at radius 1 is 1.28 bits per heavy atom. The number of pyridine rings is 1. The van der Waals surface area contributed by atoms with Gasteiger partial charge in [0.05, 0.1) is 24.1 Å². The summed E-state index contributed by atoms with van der Waals surface area (Å²) in [4.78, 5) is 16.7. The van der Waals surface area contributed by atoms with Crippen LogP contribution in [0.4, 0.5) is 5.82 Å². The van der Waals surface area contributed by atoms with E-state index in [1.54, 1.807) is 11.7 Å². The van der Waals surface area contributed by atoms with Gasteiger partial charge in [-0.2, -0.15) is 0 Å². The minimum absolute atomic E-state index is 0.268. The molecule has 0 bridgehead atoms. The number of halogens is 1. The highest BCUT2D eigenvalue weighted by atomic mass is 79.9. The molecular formula is C18H19BrN4O2. The van der Waals surface area contributed by atoms with Crippen LogP contribution in [0.15, 0.2) is 22.7 Å². The molecule has 0 saturated carbocycles. The summed E-state index contributed by atoms with van der Waals surface area (Å²) in [5, 5.41) is 0.615. The second-order valence-corrected chi connectivity index (χ2v) is 6.80. The van der Waals surface area contributed by atoms with Crippen molar-refractivity contribution < 1.29 is 9.53 Å². The Bertz CT molecular complexity index is 1020. The maximum atomic E-state index is 12.0. The van der Waals surface area contributed by atoms with E-state index < -0.39 is 5.91 Å². The van der Waals surface area contributed by atoms with Crippen molar-refractivity contribution in [3.63, 3.8) is 0 Å². The van der Waals surface area contributed by atoms with Gasteiger partial charge in [0.1, 0.15) is 17.2 Å². The molecule has 3 aromatic rings. The molecule has 2 heterocycles. The topological polar surface area (TPSA) is 96.2 Å². The molecule has 0 radical (unpaired) electrons. The first-order valence-corrected chi connectivity index (χ1v) is 8.48. The highest BCUT2D eigenvalue weighted by Crippen LogP contribution is 2.37. The fourth-order valence-corrected chi connectivity index (χ4v) is 3.47. The van der Waals surface area contributed by atoms with Gasteiger partial charge < -0.3 is 16.2 Å². The van der Waals surface area contributed by atoms with E-state index >= 15 is 0 Å². The zero-order valence-corrected chi connectivity index (χ0v) is 16.1. The quantitative estimate of drug-likeness (QED) is 0.701. The van der Waals surface area contributed by atoms with Gasteiger partial charge in [-0.15, -0.1) is 0 Å². The third-order valence-corrected chi connectivity index (χ3v) is 5.19. The van der Waals surface area contributed by atoms with Crippen LogP contribution in [0.1, 0.15) is 27.2 Å². The van der Waals surface area contributed by atoms with Crippen molar-refractivity contribution in [3.8, 4) is 11.4 Å². The Balaban J connectivity index is 2.52. The van der Waals surface area contributed by atoms with Crippen LogP contribution >= 0.6 is 15.9 Å². The van der Waals surface area contributed by atoms with E-state index in [2.05, 4.69) is 20.9 Å². The number of amides is 1. The standard InChI is InChI=1S/C18H19BrN4O2/c1-8-5-6-13(25-4)9(2)15(8)23-16(20)14(17(21)24)11-7-12(19)10(3)22-18(11)23/h5-7H,20H2,1-4H3,(H2,21,24). The minimum Gasteiger partial charge on any atom is -0.496 e. The molecule has 0 aliphatic heterocycles. The Kier molecular flexibility index (Phi) is 4.20. The predicted molar refractivity (Wildman–Crippen MR) is 102 cm³/mol. The van der Waals surface area contributed by atoms with Crippen molar-refractivity contribution >= 4 is 38.7 Å². The van der Waals surface area contributed by atoms with Crippen molar-refractivity contribution in [1.82, 2.24) is 9.55 Å². The molecule has 0 spiro atoms. The first-order valence-electron chi connectivity index (χ1n) is 7.69. The van der Waals surface area contributed by atoms with Crippen molar-refractivity contribution in [2.24, 2.45) is 5.73 Å². The number of fused-ring (bicyclic) bond motifs is 1. The van der Waals surface area contributed by atoms with E-state index in [4.69, 9.17) is 16.2 Å². The Labute approximate surface area is 153 Å². The van der Waals surface area contributed by atoms with Crippen LogP contribution in [0.5, 0.6) is 5.75 Å². The predicted octanol–water partition coefficient (Wildman–Crippen LogP) is 3.40. The monoisotopic (exact) mass is 402 g/mol. The van der Waals surface area contributed by atoms with Gasteiger partial charge in [0.25, 0.3) is 5.91 Å². The molecule has 4 N–H and O–H groups in total. The maximum absolute atomic E-state index is 12.0. The third-order valence-electron chi connectivity index (χ3n) is 4.38. The van der Waals surface area contributed by atoms with Gasteiger partial charge in [-0.05, 0) is 54.4 Å². The molecule has 2 aromatic heterocycles. The number of primary amides is 1. The van der Waals surface area contributed by atoms with E-state index in [9.17, 15) is 4.79 Å². The average molecular weight is 403 g/mol. The number of nitrogen functional groups attached to an aromatic ring is 1. The lowest BCUT2D eigenvalue weighted by atomic mass is 10.1. The van der Waals surface area contributed by atoms with Crippen molar-refractivity contribution in [2.45, 2.75) is 20.8 Å². The van der Waals surface area contributed by atoms with E-state index in [1.165, 1.54) is 0 Å². The zero-order chi connectivity index (χ0) is 18.5. The van der Waals surface area contributed by atoms with Crippen LogP contribution < -0.4 is 16.2 Å². The lowest BCUT2D eigenvalue weighted by molar-refractivity contribution is 0.100. The molecule has 0 saturated heterocycles. The number of aryl methyl sites for hydroxylation is 2. The number of methoxy groups -OCH3 is 1.